The minimum absolute atomic E-state index is 0.278. The third-order valence-electron chi connectivity index (χ3n) is 2.49. The van der Waals surface area contributed by atoms with Gasteiger partial charge in [0, 0.05) is 5.56 Å². The molecule has 74 valence electrons. The van der Waals surface area contributed by atoms with Gasteiger partial charge in [-0.1, -0.05) is 34.1 Å². The van der Waals surface area contributed by atoms with Crippen molar-refractivity contribution >= 4 is 21.8 Å². The molecular formula is C10H10BrNO2. The van der Waals surface area contributed by atoms with Crippen LogP contribution in [0.3, 0.4) is 0 Å². The lowest BCUT2D eigenvalue weighted by Crippen LogP contribution is -2.43. The van der Waals surface area contributed by atoms with E-state index in [1.165, 1.54) is 0 Å². The fourth-order valence-corrected chi connectivity index (χ4v) is 2.32. The molecule has 1 amide bonds. The number of hydrogen-bond donors (Lipinski definition) is 0. The second-order valence-electron chi connectivity index (χ2n) is 3.42. The standard InChI is InChI=1S/C10H10BrNO2/c11-5-6-12(14)7-8-3-1-2-4-9(8)10(12)13/h1-4H,5-7H2. The smallest absolute Gasteiger partial charge is 0.346 e. The summed E-state index contributed by atoms with van der Waals surface area (Å²) in [5.41, 5.74) is 1.46. The summed E-state index contributed by atoms with van der Waals surface area (Å²) in [6, 6.07) is 7.22. The molecule has 0 saturated heterocycles. The molecule has 1 atom stereocenters. The van der Waals surface area contributed by atoms with Crippen molar-refractivity contribution in [1.29, 1.82) is 0 Å². The largest absolute Gasteiger partial charge is 0.625 e. The summed E-state index contributed by atoms with van der Waals surface area (Å²) in [4.78, 5) is 11.7. The fraction of sp³-hybridized carbons (Fsp3) is 0.300. The van der Waals surface area contributed by atoms with Crippen LogP contribution in [0.4, 0.5) is 0 Å². The lowest BCUT2D eigenvalue weighted by atomic mass is 10.1. The van der Waals surface area contributed by atoms with Gasteiger partial charge in [-0.15, -0.1) is 0 Å². The topological polar surface area (TPSA) is 40.1 Å². The molecule has 1 aromatic carbocycles. The predicted molar refractivity (Wildman–Crippen MR) is 56.8 cm³/mol. The van der Waals surface area contributed by atoms with E-state index in [1.807, 2.05) is 12.1 Å². The Bertz CT molecular complexity index is 380. The molecule has 0 aliphatic carbocycles. The Labute approximate surface area is 90.6 Å². The Morgan fingerprint density at radius 2 is 2.14 bits per heavy atom. The minimum Gasteiger partial charge on any atom is -0.625 e. The van der Waals surface area contributed by atoms with Gasteiger partial charge in [-0.3, -0.25) is 4.65 Å². The maximum atomic E-state index is 12.0. The van der Waals surface area contributed by atoms with E-state index in [0.717, 1.165) is 5.56 Å². The van der Waals surface area contributed by atoms with Crippen molar-refractivity contribution < 1.29 is 9.44 Å². The van der Waals surface area contributed by atoms with Crippen LogP contribution in [0, 0.1) is 5.21 Å². The van der Waals surface area contributed by atoms with Gasteiger partial charge in [0.05, 0.1) is 17.4 Å². The molecule has 0 fully saturated rings. The van der Waals surface area contributed by atoms with Crippen LogP contribution in [0.25, 0.3) is 0 Å². The molecule has 0 saturated carbocycles. The Morgan fingerprint density at radius 3 is 2.79 bits per heavy atom. The number of amides is 1. The Hall–Kier alpha value is -0.710. The maximum absolute atomic E-state index is 12.0. The number of carbonyl (C=O) groups excluding carboxylic acids is 1. The van der Waals surface area contributed by atoms with E-state index >= 15 is 0 Å². The number of hydrogen-bond acceptors (Lipinski definition) is 2. The molecule has 0 radical (unpaired) electrons. The monoisotopic (exact) mass is 255 g/mol. The van der Waals surface area contributed by atoms with Gasteiger partial charge in [-0.05, 0) is 6.07 Å². The summed E-state index contributed by atoms with van der Waals surface area (Å²) in [5.74, 6) is -0.306. The van der Waals surface area contributed by atoms with Gasteiger partial charge in [0.1, 0.15) is 6.54 Å². The van der Waals surface area contributed by atoms with E-state index in [4.69, 9.17) is 0 Å². The van der Waals surface area contributed by atoms with Crippen molar-refractivity contribution in [1.82, 2.24) is 0 Å². The molecule has 3 nitrogen and oxygen atoms in total. The molecule has 1 aromatic rings. The van der Waals surface area contributed by atoms with Gasteiger partial charge < -0.3 is 5.21 Å². The number of benzene rings is 1. The van der Waals surface area contributed by atoms with Gasteiger partial charge in [-0.2, -0.15) is 0 Å². The highest BCUT2D eigenvalue weighted by Crippen LogP contribution is 2.28. The summed E-state index contributed by atoms with van der Waals surface area (Å²) in [6.07, 6.45) is 0. The zero-order valence-corrected chi connectivity index (χ0v) is 9.16. The Balaban J connectivity index is 2.38. The van der Waals surface area contributed by atoms with Crippen LogP contribution in [-0.4, -0.2) is 22.4 Å². The molecule has 0 N–H and O–H groups in total. The van der Waals surface area contributed by atoms with Crippen LogP contribution in [0.5, 0.6) is 0 Å². The van der Waals surface area contributed by atoms with Crippen LogP contribution in [0.2, 0.25) is 0 Å². The summed E-state index contributed by atoms with van der Waals surface area (Å²) in [7, 11) is 0. The summed E-state index contributed by atoms with van der Waals surface area (Å²) in [6.45, 7) is 0.577. The highest BCUT2D eigenvalue weighted by molar-refractivity contribution is 9.09. The zero-order chi connectivity index (χ0) is 10.2. The summed E-state index contributed by atoms with van der Waals surface area (Å²) >= 11 is 3.20. The normalized spacial score (nSPS) is 25.1. The van der Waals surface area contributed by atoms with Crippen LogP contribution in [-0.2, 0) is 6.54 Å². The van der Waals surface area contributed by atoms with Crippen LogP contribution in [0.1, 0.15) is 15.9 Å². The van der Waals surface area contributed by atoms with Crippen molar-refractivity contribution in [3.05, 3.63) is 40.6 Å². The maximum Gasteiger partial charge on any atom is 0.346 e. The third kappa shape index (κ3) is 1.39. The van der Waals surface area contributed by atoms with Crippen LogP contribution >= 0.6 is 15.9 Å². The Kier molecular flexibility index (Phi) is 2.43. The van der Waals surface area contributed by atoms with Crippen molar-refractivity contribution in [2.24, 2.45) is 0 Å². The van der Waals surface area contributed by atoms with Crippen molar-refractivity contribution in [3.8, 4) is 0 Å². The van der Waals surface area contributed by atoms with E-state index in [0.29, 0.717) is 17.4 Å². The zero-order valence-electron chi connectivity index (χ0n) is 7.57. The highest BCUT2D eigenvalue weighted by atomic mass is 79.9. The molecule has 2 rings (SSSR count). The van der Waals surface area contributed by atoms with Gasteiger partial charge in [0.2, 0.25) is 0 Å². The molecule has 0 aromatic heterocycles. The molecule has 0 spiro atoms. The lowest BCUT2D eigenvalue weighted by Gasteiger charge is -2.34. The SMILES string of the molecule is O=C1c2ccccc2C[N+]1([O-])CCBr. The van der Waals surface area contributed by atoms with Gasteiger partial charge in [0.25, 0.3) is 0 Å². The Morgan fingerprint density at radius 1 is 1.43 bits per heavy atom. The number of nitrogens with zero attached hydrogens (tertiary/aromatic N) is 1. The van der Waals surface area contributed by atoms with E-state index in [2.05, 4.69) is 15.9 Å². The quantitative estimate of drug-likeness (QED) is 0.461. The van der Waals surface area contributed by atoms with E-state index in [-0.39, 0.29) is 12.5 Å². The van der Waals surface area contributed by atoms with Crippen LogP contribution < -0.4 is 0 Å². The predicted octanol–water partition coefficient (Wildman–Crippen LogP) is 2.05. The molecule has 4 heteroatoms. The second-order valence-corrected chi connectivity index (χ2v) is 4.22. The first kappa shape index (κ1) is 9.83. The van der Waals surface area contributed by atoms with E-state index in [1.54, 1.807) is 12.1 Å². The number of hydroxylamine groups is 3. The number of quaternary nitrogens is 1. The first-order valence-electron chi connectivity index (χ1n) is 4.44. The summed E-state index contributed by atoms with van der Waals surface area (Å²) < 4.78 is -0.745. The van der Waals surface area contributed by atoms with Crippen molar-refractivity contribution in [3.63, 3.8) is 0 Å². The molecular weight excluding hydrogens is 246 g/mol. The minimum atomic E-state index is -0.745. The molecule has 1 unspecified atom stereocenters. The molecule has 0 bridgehead atoms. The number of rotatable bonds is 2. The number of alkyl halides is 1. The second kappa shape index (κ2) is 3.46. The molecule has 1 aliphatic heterocycles. The number of carbonyl (C=O) groups is 1. The highest BCUT2D eigenvalue weighted by Gasteiger charge is 2.37. The third-order valence-corrected chi connectivity index (χ3v) is 2.84. The lowest BCUT2D eigenvalue weighted by molar-refractivity contribution is -0.804. The summed E-state index contributed by atoms with van der Waals surface area (Å²) in [5, 5.41) is 12.6. The number of fused-ring (bicyclic) bond motifs is 1. The van der Waals surface area contributed by atoms with Crippen molar-refractivity contribution in [2.45, 2.75) is 6.54 Å². The van der Waals surface area contributed by atoms with Crippen LogP contribution in [0.15, 0.2) is 24.3 Å². The van der Waals surface area contributed by atoms with Gasteiger partial charge in [0.15, 0.2) is 0 Å². The van der Waals surface area contributed by atoms with E-state index < -0.39 is 4.65 Å². The van der Waals surface area contributed by atoms with E-state index in [9.17, 15) is 10.0 Å². The average molecular weight is 256 g/mol. The average Bonchev–Trinajstić information content (AvgIpc) is 2.41. The van der Waals surface area contributed by atoms with Gasteiger partial charge in [-0.25, -0.2) is 4.79 Å². The molecule has 14 heavy (non-hydrogen) atoms. The fourth-order valence-electron chi connectivity index (χ4n) is 1.75. The number of halogens is 1. The molecule has 1 aliphatic rings. The van der Waals surface area contributed by atoms with Crippen molar-refractivity contribution in [2.75, 3.05) is 11.9 Å². The van der Waals surface area contributed by atoms with Gasteiger partial charge >= 0.3 is 5.91 Å². The first-order chi connectivity index (χ1) is 6.67. The molecule has 1 heterocycles. The first-order valence-corrected chi connectivity index (χ1v) is 5.56.